The molecule has 132 valence electrons. The van der Waals surface area contributed by atoms with Gasteiger partial charge in [0.25, 0.3) is 5.69 Å². The van der Waals surface area contributed by atoms with E-state index in [4.69, 9.17) is 0 Å². The monoisotopic (exact) mass is 344 g/mol. The summed E-state index contributed by atoms with van der Waals surface area (Å²) in [7, 11) is 0. The standard InChI is InChI=1S/C16H20N6O3/c1-12(16(23)19-14-6-2-3-7-15(14)22(24)25)20-8-4-5-13(9-20)21-11-17-10-18-21/h2-3,6-7,10-13H,4-5,8-9H2,1H3,(H,19,23)/t12-,13+/m0/s1. The van der Waals surface area contributed by atoms with E-state index in [0.717, 1.165) is 19.4 Å². The lowest BCUT2D eigenvalue weighted by Crippen LogP contribution is -2.47. The molecule has 25 heavy (non-hydrogen) atoms. The van der Waals surface area contributed by atoms with Crippen molar-refractivity contribution in [3.8, 4) is 0 Å². The van der Waals surface area contributed by atoms with Gasteiger partial charge < -0.3 is 5.32 Å². The molecule has 1 aliphatic rings. The maximum absolute atomic E-state index is 12.6. The molecule has 0 bridgehead atoms. The van der Waals surface area contributed by atoms with Crippen LogP contribution in [0.4, 0.5) is 11.4 Å². The maximum atomic E-state index is 12.6. The van der Waals surface area contributed by atoms with Gasteiger partial charge in [-0.3, -0.25) is 19.8 Å². The molecular weight excluding hydrogens is 324 g/mol. The SMILES string of the molecule is C[C@@H](C(=O)Nc1ccccc1[N+](=O)[O-])N1CCC[C@@H](n2cncn2)C1. The van der Waals surface area contributed by atoms with Crippen LogP contribution in [0.2, 0.25) is 0 Å². The summed E-state index contributed by atoms with van der Waals surface area (Å²) in [5.41, 5.74) is 0.108. The molecule has 2 atom stereocenters. The van der Waals surface area contributed by atoms with Gasteiger partial charge in [-0.25, -0.2) is 9.67 Å². The smallest absolute Gasteiger partial charge is 0.292 e. The van der Waals surface area contributed by atoms with Gasteiger partial charge in [0.05, 0.1) is 17.0 Å². The van der Waals surface area contributed by atoms with E-state index < -0.39 is 11.0 Å². The lowest BCUT2D eigenvalue weighted by atomic mass is 10.0. The number of nitro groups is 1. The number of carbonyl (C=O) groups excluding carboxylic acids is 1. The number of hydrogen-bond donors (Lipinski definition) is 1. The first-order chi connectivity index (χ1) is 12.1. The summed E-state index contributed by atoms with van der Waals surface area (Å²) in [6.45, 7) is 3.30. The summed E-state index contributed by atoms with van der Waals surface area (Å²) in [6.07, 6.45) is 5.13. The van der Waals surface area contributed by atoms with Crippen LogP contribution < -0.4 is 5.32 Å². The number of amides is 1. The van der Waals surface area contributed by atoms with E-state index in [9.17, 15) is 14.9 Å². The van der Waals surface area contributed by atoms with Crippen molar-refractivity contribution in [3.63, 3.8) is 0 Å². The number of carbonyl (C=O) groups is 1. The number of piperidine rings is 1. The number of anilines is 1. The summed E-state index contributed by atoms with van der Waals surface area (Å²) in [5.74, 6) is -0.256. The third-order valence-electron chi connectivity index (χ3n) is 4.52. The Morgan fingerprint density at radius 3 is 2.96 bits per heavy atom. The molecule has 3 rings (SSSR count). The van der Waals surface area contributed by atoms with E-state index in [1.807, 2.05) is 11.6 Å². The number of benzene rings is 1. The molecule has 2 aromatic rings. The molecule has 1 aromatic heterocycles. The normalized spacial score (nSPS) is 19.3. The quantitative estimate of drug-likeness (QED) is 0.655. The van der Waals surface area contributed by atoms with Gasteiger partial charge in [-0.1, -0.05) is 12.1 Å². The van der Waals surface area contributed by atoms with Gasteiger partial charge in [0.15, 0.2) is 0 Å². The first kappa shape index (κ1) is 17.0. The van der Waals surface area contributed by atoms with Crippen molar-refractivity contribution in [2.75, 3.05) is 18.4 Å². The zero-order valence-electron chi connectivity index (χ0n) is 13.9. The molecule has 9 nitrogen and oxygen atoms in total. The summed E-state index contributed by atoms with van der Waals surface area (Å²) >= 11 is 0. The average molecular weight is 344 g/mol. The van der Waals surface area contributed by atoms with Crippen LogP contribution in [0, 0.1) is 10.1 Å². The van der Waals surface area contributed by atoms with E-state index in [2.05, 4.69) is 20.3 Å². The van der Waals surface area contributed by atoms with Crippen LogP contribution in [-0.2, 0) is 4.79 Å². The van der Waals surface area contributed by atoms with Crippen molar-refractivity contribution >= 4 is 17.3 Å². The number of aromatic nitrogens is 3. The Morgan fingerprint density at radius 1 is 1.44 bits per heavy atom. The molecule has 1 fully saturated rings. The molecule has 1 aliphatic heterocycles. The molecule has 0 spiro atoms. The van der Waals surface area contributed by atoms with Crippen molar-refractivity contribution in [3.05, 3.63) is 47.0 Å². The largest absolute Gasteiger partial charge is 0.319 e. The Balaban J connectivity index is 1.67. The number of para-hydroxylation sites is 2. The average Bonchev–Trinajstić information content (AvgIpc) is 3.16. The second kappa shape index (κ2) is 7.39. The van der Waals surface area contributed by atoms with Gasteiger partial charge in [0.1, 0.15) is 18.3 Å². The molecule has 1 N–H and O–H groups in total. The molecule has 0 radical (unpaired) electrons. The zero-order chi connectivity index (χ0) is 17.8. The second-order valence-corrected chi connectivity index (χ2v) is 6.11. The van der Waals surface area contributed by atoms with E-state index in [0.29, 0.717) is 6.54 Å². The molecule has 1 saturated heterocycles. The fourth-order valence-electron chi connectivity index (χ4n) is 3.10. The maximum Gasteiger partial charge on any atom is 0.292 e. The van der Waals surface area contributed by atoms with E-state index in [-0.39, 0.29) is 23.3 Å². The fraction of sp³-hybridized carbons (Fsp3) is 0.438. The summed E-state index contributed by atoms with van der Waals surface area (Å²) in [5, 5.41) is 17.9. The zero-order valence-corrected chi connectivity index (χ0v) is 13.9. The van der Waals surface area contributed by atoms with Crippen LogP contribution in [0.25, 0.3) is 0 Å². The first-order valence-electron chi connectivity index (χ1n) is 8.18. The van der Waals surface area contributed by atoms with Crippen molar-refractivity contribution in [2.45, 2.75) is 31.8 Å². The molecular formula is C16H20N6O3. The van der Waals surface area contributed by atoms with E-state index in [1.54, 1.807) is 18.5 Å². The van der Waals surface area contributed by atoms with Gasteiger partial charge in [-0.05, 0) is 32.4 Å². The third-order valence-corrected chi connectivity index (χ3v) is 4.52. The highest BCUT2D eigenvalue weighted by Gasteiger charge is 2.29. The lowest BCUT2D eigenvalue weighted by molar-refractivity contribution is -0.383. The summed E-state index contributed by atoms with van der Waals surface area (Å²) < 4.78 is 1.82. The van der Waals surface area contributed by atoms with Crippen molar-refractivity contribution in [1.82, 2.24) is 19.7 Å². The first-order valence-corrected chi connectivity index (χ1v) is 8.18. The summed E-state index contributed by atoms with van der Waals surface area (Å²) in [4.78, 5) is 29.2. The van der Waals surface area contributed by atoms with Crippen LogP contribution >= 0.6 is 0 Å². The number of nitrogens with one attached hydrogen (secondary N) is 1. The van der Waals surface area contributed by atoms with Gasteiger partial charge in [0, 0.05) is 12.6 Å². The molecule has 0 saturated carbocycles. The lowest BCUT2D eigenvalue weighted by Gasteiger charge is -2.35. The predicted octanol–water partition coefficient (Wildman–Crippen LogP) is 1.85. The molecule has 0 aliphatic carbocycles. The Bertz CT molecular complexity index is 748. The Kier molecular flexibility index (Phi) is 5.03. The summed E-state index contributed by atoms with van der Waals surface area (Å²) in [6, 6.07) is 5.93. The van der Waals surface area contributed by atoms with Gasteiger partial charge >= 0.3 is 0 Å². The fourth-order valence-corrected chi connectivity index (χ4v) is 3.10. The number of likely N-dealkylation sites (tertiary alicyclic amines) is 1. The van der Waals surface area contributed by atoms with Crippen LogP contribution in [0.1, 0.15) is 25.8 Å². The third kappa shape index (κ3) is 3.82. The van der Waals surface area contributed by atoms with Crippen LogP contribution in [0.5, 0.6) is 0 Å². The van der Waals surface area contributed by atoms with Crippen LogP contribution in [0.3, 0.4) is 0 Å². The van der Waals surface area contributed by atoms with Crippen molar-refractivity contribution < 1.29 is 9.72 Å². The van der Waals surface area contributed by atoms with Crippen LogP contribution in [-0.4, -0.2) is 49.6 Å². The van der Waals surface area contributed by atoms with E-state index in [1.165, 1.54) is 18.5 Å². The highest BCUT2D eigenvalue weighted by Crippen LogP contribution is 2.25. The Morgan fingerprint density at radius 2 is 2.24 bits per heavy atom. The minimum absolute atomic E-state index is 0.109. The number of rotatable bonds is 5. The molecule has 2 heterocycles. The minimum Gasteiger partial charge on any atom is -0.319 e. The molecule has 9 heteroatoms. The number of hydrogen-bond acceptors (Lipinski definition) is 6. The van der Waals surface area contributed by atoms with Crippen molar-refractivity contribution in [1.29, 1.82) is 0 Å². The topological polar surface area (TPSA) is 106 Å². The van der Waals surface area contributed by atoms with E-state index >= 15 is 0 Å². The second-order valence-electron chi connectivity index (χ2n) is 6.11. The highest BCUT2D eigenvalue weighted by molar-refractivity contribution is 5.96. The number of nitrogens with zero attached hydrogens (tertiary/aromatic N) is 5. The van der Waals surface area contributed by atoms with Gasteiger partial charge in [-0.15, -0.1) is 0 Å². The van der Waals surface area contributed by atoms with Crippen molar-refractivity contribution in [2.24, 2.45) is 0 Å². The predicted molar refractivity (Wildman–Crippen MR) is 91.1 cm³/mol. The van der Waals surface area contributed by atoms with Gasteiger partial charge in [-0.2, -0.15) is 5.10 Å². The molecule has 1 amide bonds. The molecule has 1 aromatic carbocycles. The Hall–Kier alpha value is -2.81. The Labute approximate surface area is 144 Å². The highest BCUT2D eigenvalue weighted by atomic mass is 16.6. The van der Waals surface area contributed by atoms with Crippen LogP contribution in [0.15, 0.2) is 36.9 Å². The van der Waals surface area contributed by atoms with Gasteiger partial charge in [0.2, 0.25) is 5.91 Å². The minimum atomic E-state index is -0.498. The molecule has 0 unspecified atom stereocenters. The number of nitro benzene ring substituents is 1.